The van der Waals surface area contributed by atoms with Crippen LogP contribution < -0.4 is 0 Å². The number of aromatic nitrogens is 3. The molecule has 0 N–H and O–H groups in total. The molecule has 1 aromatic heterocycles. The van der Waals surface area contributed by atoms with Crippen LogP contribution in [0.2, 0.25) is 0 Å². The average molecular weight is 253 g/mol. The molecule has 0 saturated heterocycles. The van der Waals surface area contributed by atoms with Gasteiger partial charge < -0.3 is 9.47 Å². The first-order valence-corrected chi connectivity index (χ1v) is 5.87. The Balaban J connectivity index is 2.54. The van der Waals surface area contributed by atoms with E-state index in [4.69, 9.17) is 9.47 Å². The van der Waals surface area contributed by atoms with Crippen LogP contribution in [-0.2, 0) is 16.0 Å². The van der Waals surface area contributed by atoms with Crippen molar-refractivity contribution in [1.82, 2.24) is 15.0 Å². The normalized spacial score (nSPS) is 10.3. The van der Waals surface area contributed by atoms with Crippen molar-refractivity contribution in [2.45, 2.75) is 26.3 Å². The molecule has 0 bridgehead atoms. The molecule has 0 unspecified atom stereocenters. The van der Waals surface area contributed by atoms with Crippen molar-refractivity contribution < 1.29 is 14.3 Å². The molecule has 6 heteroatoms. The highest BCUT2D eigenvalue weighted by atomic mass is 16.5. The second kappa shape index (κ2) is 7.60. The summed E-state index contributed by atoms with van der Waals surface area (Å²) in [4.78, 5) is 11.6. The van der Waals surface area contributed by atoms with Crippen molar-refractivity contribution in [2.75, 3.05) is 20.3 Å². The Morgan fingerprint density at radius 3 is 2.94 bits per heavy atom. The molecule has 0 amide bonds. The molecule has 1 rings (SSSR count). The molecule has 18 heavy (non-hydrogen) atoms. The van der Waals surface area contributed by atoms with E-state index in [2.05, 4.69) is 16.9 Å². The molecule has 0 saturated carbocycles. The molecule has 0 radical (unpaired) electrons. The molecular formula is C12H19N3O3. The van der Waals surface area contributed by atoms with Crippen molar-refractivity contribution >= 4 is 5.97 Å². The molecule has 6 nitrogen and oxygen atoms in total. The number of nitrogens with zero attached hydrogens (tertiary/aromatic N) is 3. The molecule has 0 fully saturated rings. The molecule has 0 aromatic carbocycles. The van der Waals surface area contributed by atoms with Crippen LogP contribution in [0.3, 0.4) is 0 Å². The monoisotopic (exact) mass is 253 g/mol. The van der Waals surface area contributed by atoms with Crippen molar-refractivity contribution in [1.29, 1.82) is 0 Å². The van der Waals surface area contributed by atoms with Gasteiger partial charge in [0.05, 0.1) is 5.69 Å². The highest BCUT2D eigenvalue weighted by Gasteiger charge is 2.17. The highest BCUT2D eigenvalue weighted by Crippen LogP contribution is 2.07. The van der Waals surface area contributed by atoms with E-state index >= 15 is 0 Å². The van der Waals surface area contributed by atoms with Crippen LogP contribution in [0.1, 0.15) is 29.0 Å². The minimum absolute atomic E-state index is 0.180. The number of esters is 1. The maximum atomic E-state index is 11.6. The molecule has 0 aliphatic rings. The van der Waals surface area contributed by atoms with Crippen LogP contribution in [0.5, 0.6) is 0 Å². The fourth-order valence-corrected chi connectivity index (χ4v) is 1.47. The van der Waals surface area contributed by atoms with Crippen LogP contribution in [0.4, 0.5) is 0 Å². The van der Waals surface area contributed by atoms with Crippen molar-refractivity contribution in [3.63, 3.8) is 0 Å². The number of unbranched alkanes of at least 4 members (excludes halogenated alkanes) is 1. The van der Waals surface area contributed by atoms with E-state index in [0.29, 0.717) is 0 Å². The number of rotatable bonds is 8. The van der Waals surface area contributed by atoms with Crippen LogP contribution >= 0.6 is 0 Å². The standard InChI is InChI=1S/C12H19N3O3/c1-4-8-18-12(16)11-10(2)15(14-13-11)7-5-6-9-17-3/h4H,1,5-9H2,2-3H3. The maximum absolute atomic E-state index is 11.6. The number of aryl methyl sites for hydroxylation is 1. The van der Waals surface area contributed by atoms with Gasteiger partial charge in [0, 0.05) is 20.3 Å². The lowest BCUT2D eigenvalue weighted by Crippen LogP contribution is -2.09. The first kappa shape index (κ1) is 14.4. The zero-order valence-corrected chi connectivity index (χ0v) is 10.9. The third kappa shape index (κ3) is 3.96. The summed E-state index contributed by atoms with van der Waals surface area (Å²) in [6.07, 6.45) is 3.40. The molecule has 0 aliphatic carbocycles. The first-order valence-electron chi connectivity index (χ1n) is 5.87. The van der Waals surface area contributed by atoms with E-state index < -0.39 is 5.97 Å². The summed E-state index contributed by atoms with van der Waals surface area (Å²) in [7, 11) is 1.68. The summed E-state index contributed by atoms with van der Waals surface area (Å²) in [5.74, 6) is -0.462. The molecule has 1 aromatic rings. The fourth-order valence-electron chi connectivity index (χ4n) is 1.47. The number of hydrogen-bond donors (Lipinski definition) is 0. The third-order valence-electron chi connectivity index (χ3n) is 2.48. The van der Waals surface area contributed by atoms with Gasteiger partial charge >= 0.3 is 5.97 Å². The van der Waals surface area contributed by atoms with Gasteiger partial charge in [0.2, 0.25) is 0 Å². The molecule has 0 spiro atoms. The van der Waals surface area contributed by atoms with Gasteiger partial charge in [0.25, 0.3) is 0 Å². The van der Waals surface area contributed by atoms with Gasteiger partial charge in [-0.3, -0.25) is 0 Å². The van der Waals surface area contributed by atoms with Gasteiger partial charge in [-0.2, -0.15) is 0 Å². The van der Waals surface area contributed by atoms with Gasteiger partial charge in [-0.1, -0.05) is 17.9 Å². The molecule has 0 atom stereocenters. The largest absolute Gasteiger partial charge is 0.457 e. The third-order valence-corrected chi connectivity index (χ3v) is 2.48. The minimum Gasteiger partial charge on any atom is -0.457 e. The summed E-state index contributed by atoms with van der Waals surface area (Å²) >= 11 is 0. The molecule has 0 aliphatic heterocycles. The Kier molecular flexibility index (Phi) is 6.07. The lowest BCUT2D eigenvalue weighted by molar-refractivity contribution is 0.0542. The lowest BCUT2D eigenvalue weighted by Gasteiger charge is -2.03. The van der Waals surface area contributed by atoms with Crippen LogP contribution in [-0.4, -0.2) is 41.3 Å². The summed E-state index contributed by atoms with van der Waals surface area (Å²) in [5, 5.41) is 7.78. The predicted molar refractivity (Wildman–Crippen MR) is 66.3 cm³/mol. The van der Waals surface area contributed by atoms with E-state index in [-0.39, 0.29) is 12.3 Å². The van der Waals surface area contributed by atoms with Crippen molar-refractivity contribution in [3.05, 3.63) is 24.0 Å². The van der Waals surface area contributed by atoms with Crippen LogP contribution in [0.15, 0.2) is 12.7 Å². The number of carbonyl (C=O) groups is 1. The SMILES string of the molecule is C=CCOC(=O)c1nnn(CCCCOC)c1C. The summed E-state index contributed by atoms with van der Waals surface area (Å²) in [6, 6.07) is 0. The minimum atomic E-state index is -0.462. The Hall–Kier alpha value is -1.69. The first-order chi connectivity index (χ1) is 8.70. The Labute approximate surface area is 107 Å². The summed E-state index contributed by atoms with van der Waals surface area (Å²) < 4.78 is 11.6. The lowest BCUT2D eigenvalue weighted by atomic mass is 10.3. The van der Waals surface area contributed by atoms with E-state index in [0.717, 1.165) is 31.7 Å². The van der Waals surface area contributed by atoms with Gasteiger partial charge in [0.15, 0.2) is 5.69 Å². The quantitative estimate of drug-likeness (QED) is 0.397. The second-order valence-corrected chi connectivity index (χ2v) is 3.83. The zero-order chi connectivity index (χ0) is 13.4. The van der Waals surface area contributed by atoms with Gasteiger partial charge in [-0.05, 0) is 19.8 Å². The smallest absolute Gasteiger partial charge is 0.361 e. The Morgan fingerprint density at radius 2 is 2.28 bits per heavy atom. The molecule has 100 valence electrons. The highest BCUT2D eigenvalue weighted by molar-refractivity contribution is 5.88. The Bertz CT molecular complexity index is 401. The topological polar surface area (TPSA) is 66.2 Å². The average Bonchev–Trinajstić information content (AvgIpc) is 2.73. The van der Waals surface area contributed by atoms with E-state index in [9.17, 15) is 4.79 Å². The van der Waals surface area contributed by atoms with Gasteiger partial charge in [-0.25, -0.2) is 9.48 Å². The van der Waals surface area contributed by atoms with Gasteiger partial charge in [0.1, 0.15) is 6.61 Å². The number of ether oxygens (including phenoxy) is 2. The number of hydrogen-bond acceptors (Lipinski definition) is 5. The van der Waals surface area contributed by atoms with Gasteiger partial charge in [-0.15, -0.1) is 5.10 Å². The molecule has 1 heterocycles. The number of methoxy groups -OCH3 is 1. The van der Waals surface area contributed by atoms with Crippen molar-refractivity contribution in [3.8, 4) is 0 Å². The van der Waals surface area contributed by atoms with E-state index in [1.54, 1.807) is 18.7 Å². The second-order valence-electron chi connectivity index (χ2n) is 3.83. The number of carbonyl (C=O) groups excluding carboxylic acids is 1. The van der Waals surface area contributed by atoms with E-state index in [1.165, 1.54) is 6.08 Å². The van der Waals surface area contributed by atoms with Crippen molar-refractivity contribution in [2.24, 2.45) is 0 Å². The summed E-state index contributed by atoms with van der Waals surface area (Å²) in [6.45, 7) is 6.91. The Morgan fingerprint density at radius 1 is 1.50 bits per heavy atom. The van der Waals surface area contributed by atoms with E-state index in [1.807, 2.05) is 0 Å². The van der Waals surface area contributed by atoms with Crippen LogP contribution in [0.25, 0.3) is 0 Å². The predicted octanol–water partition coefficient (Wildman–Crippen LogP) is 1.36. The maximum Gasteiger partial charge on any atom is 0.361 e. The molecular weight excluding hydrogens is 234 g/mol. The van der Waals surface area contributed by atoms with Crippen LogP contribution in [0, 0.1) is 6.92 Å². The zero-order valence-electron chi connectivity index (χ0n) is 10.9. The summed E-state index contributed by atoms with van der Waals surface area (Å²) in [5.41, 5.74) is 0.991. The fraction of sp³-hybridized carbons (Fsp3) is 0.583.